The molecular weight excluding hydrogens is 270 g/mol. The van der Waals surface area contributed by atoms with E-state index >= 15 is 0 Å². The van der Waals surface area contributed by atoms with Crippen LogP contribution in [-0.4, -0.2) is 10.9 Å². The van der Waals surface area contributed by atoms with Crippen LogP contribution < -0.4 is 5.32 Å². The van der Waals surface area contributed by atoms with Crippen molar-refractivity contribution in [1.29, 1.82) is 5.26 Å². The molecule has 0 aliphatic rings. The Hall–Kier alpha value is -1.41. The number of aromatic nitrogens is 1. The molecule has 0 atom stereocenters. The molecule has 0 aromatic carbocycles. The Labute approximate surface area is 103 Å². The van der Waals surface area contributed by atoms with Crippen LogP contribution in [0.5, 0.6) is 0 Å². The molecule has 1 aromatic rings. The first-order valence-electron chi connectivity index (χ1n) is 4.71. The van der Waals surface area contributed by atoms with E-state index in [1.807, 2.05) is 19.1 Å². The SMILES string of the molecule is Cc1cc(Br)cnc1NC(=O)C(C)(C)C#N. The zero-order chi connectivity index (χ0) is 12.3. The molecule has 0 aliphatic carbocycles. The number of halogens is 1. The van der Waals surface area contributed by atoms with E-state index < -0.39 is 5.41 Å². The molecule has 16 heavy (non-hydrogen) atoms. The van der Waals surface area contributed by atoms with Gasteiger partial charge in [-0.1, -0.05) is 0 Å². The summed E-state index contributed by atoms with van der Waals surface area (Å²) in [4.78, 5) is 15.8. The molecule has 0 saturated carbocycles. The lowest BCUT2D eigenvalue weighted by molar-refractivity contribution is -0.121. The second-order valence-electron chi connectivity index (χ2n) is 4.01. The third-order valence-corrected chi connectivity index (χ3v) is 2.56. The minimum Gasteiger partial charge on any atom is -0.309 e. The highest BCUT2D eigenvalue weighted by Gasteiger charge is 2.27. The average Bonchev–Trinajstić information content (AvgIpc) is 2.22. The molecule has 0 spiro atoms. The highest BCUT2D eigenvalue weighted by atomic mass is 79.9. The van der Waals surface area contributed by atoms with Crippen LogP contribution in [0.15, 0.2) is 16.7 Å². The number of pyridine rings is 1. The molecule has 84 valence electrons. The summed E-state index contributed by atoms with van der Waals surface area (Å²) in [6.45, 7) is 4.97. The molecular formula is C11H12BrN3O. The van der Waals surface area contributed by atoms with Gasteiger partial charge in [0.25, 0.3) is 0 Å². The van der Waals surface area contributed by atoms with Gasteiger partial charge in [0.15, 0.2) is 0 Å². The van der Waals surface area contributed by atoms with E-state index in [1.165, 1.54) is 0 Å². The molecule has 0 bridgehead atoms. The zero-order valence-corrected chi connectivity index (χ0v) is 10.9. The predicted octanol–water partition coefficient (Wildman–Crippen LogP) is 2.64. The number of nitrogens with zero attached hydrogens (tertiary/aromatic N) is 2. The Bertz CT molecular complexity index is 463. The maximum absolute atomic E-state index is 11.7. The van der Waals surface area contributed by atoms with Crippen molar-refractivity contribution >= 4 is 27.7 Å². The lowest BCUT2D eigenvalue weighted by atomic mass is 9.95. The number of aryl methyl sites for hydroxylation is 1. The quantitative estimate of drug-likeness (QED) is 0.906. The second-order valence-corrected chi connectivity index (χ2v) is 4.93. The van der Waals surface area contributed by atoms with Crippen molar-refractivity contribution in [3.63, 3.8) is 0 Å². The Kier molecular flexibility index (Phi) is 3.66. The lowest BCUT2D eigenvalue weighted by Crippen LogP contribution is -2.29. The van der Waals surface area contributed by atoms with Crippen molar-refractivity contribution in [3.8, 4) is 6.07 Å². The fourth-order valence-electron chi connectivity index (χ4n) is 0.986. The third kappa shape index (κ3) is 2.80. The summed E-state index contributed by atoms with van der Waals surface area (Å²) in [7, 11) is 0. The van der Waals surface area contributed by atoms with Crippen LogP contribution in [0.1, 0.15) is 19.4 Å². The topological polar surface area (TPSA) is 65.8 Å². The van der Waals surface area contributed by atoms with Crippen LogP contribution in [0.25, 0.3) is 0 Å². The second kappa shape index (κ2) is 4.62. The van der Waals surface area contributed by atoms with Crippen molar-refractivity contribution in [3.05, 3.63) is 22.3 Å². The number of anilines is 1. The van der Waals surface area contributed by atoms with Crippen LogP contribution in [0.2, 0.25) is 0 Å². The molecule has 0 radical (unpaired) electrons. The van der Waals surface area contributed by atoms with Crippen LogP contribution in [0.3, 0.4) is 0 Å². The van der Waals surface area contributed by atoms with E-state index in [2.05, 4.69) is 26.2 Å². The molecule has 1 rings (SSSR count). The lowest BCUT2D eigenvalue weighted by Gasteiger charge is -2.15. The first kappa shape index (κ1) is 12.7. The summed E-state index contributed by atoms with van der Waals surface area (Å²) in [6.07, 6.45) is 1.60. The van der Waals surface area contributed by atoms with E-state index in [1.54, 1.807) is 20.0 Å². The van der Waals surface area contributed by atoms with Gasteiger partial charge in [0, 0.05) is 10.7 Å². The van der Waals surface area contributed by atoms with E-state index in [-0.39, 0.29) is 5.91 Å². The molecule has 0 saturated heterocycles. The number of amides is 1. The number of nitrogens with one attached hydrogen (secondary N) is 1. The molecule has 4 nitrogen and oxygen atoms in total. The average molecular weight is 282 g/mol. The fourth-order valence-corrected chi connectivity index (χ4v) is 1.43. The van der Waals surface area contributed by atoms with Crippen LogP contribution in [-0.2, 0) is 4.79 Å². The van der Waals surface area contributed by atoms with Gasteiger partial charge in [0.05, 0.1) is 6.07 Å². The molecule has 1 aromatic heterocycles. The van der Waals surface area contributed by atoms with Gasteiger partial charge in [-0.15, -0.1) is 0 Å². The minimum atomic E-state index is -1.05. The molecule has 0 aliphatic heterocycles. The van der Waals surface area contributed by atoms with Gasteiger partial charge in [0.2, 0.25) is 5.91 Å². The number of hydrogen-bond acceptors (Lipinski definition) is 3. The summed E-state index contributed by atoms with van der Waals surface area (Å²) in [5, 5.41) is 11.5. The van der Waals surface area contributed by atoms with Crippen molar-refractivity contribution in [1.82, 2.24) is 4.98 Å². The van der Waals surface area contributed by atoms with Crippen LogP contribution in [0.4, 0.5) is 5.82 Å². The monoisotopic (exact) mass is 281 g/mol. The molecule has 1 heterocycles. The zero-order valence-electron chi connectivity index (χ0n) is 9.34. The number of hydrogen-bond donors (Lipinski definition) is 1. The minimum absolute atomic E-state index is 0.354. The summed E-state index contributed by atoms with van der Waals surface area (Å²) in [5.41, 5.74) is -0.210. The fraction of sp³-hybridized carbons (Fsp3) is 0.364. The number of carbonyl (C=O) groups is 1. The van der Waals surface area contributed by atoms with Gasteiger partial charge in [-0.25, -0.2) is 4.98 Å². The Morgan fingerprint density at radius 3 is 2.75 bits per heavy atom. The highest BCUT2D eigenvalue weighted by Crippen LogP contribution is 2.20. The van der Waals surface area contributed by atoms with Crippen LogP contribution >= 0.6 is 15.9 Å². The highest BCUT2D eigenvalue weighted by molar-refractivity contribution is 9.10. The van der Waals surface area contributed by atoms with Gasteiger partial charge in [-0.2, -0.15) is 5.26 Å². The van der Waals surface area contributed by atoms with E-state index in [0.717, 1.165) is 10.0 Å². The van der Waals surface area contributed by atoms with Crippen LogP contribution in [0, 0.1) is 23.7 Å². The summed E-state index contributed by atoms with van der Waals surface area (Å²) >= 11 is 3.29. The first-order valence-corrected chi connectivity index (χ1v) is 5.51. The molecule has 1 N–H and O–H groups in total. The summed E-state index contributed by atoms with van der Waals surface area (Å²) < 4.78 is 0.850. The van der Waals surface area contributed by atoms with Gasteiger partial charge >= 0.3 is 0 Å². The largest absolute Gasteiger partial charge is 0.309 e. The molecule has 1 amide bonds. The summed E-state index contributed by atoms with van der Waals surface area (Å²) in [6, 6.07) is 3.79. The first-order chi connectivity index (χ1) is 7.36. The van der Waals surface area contributed by atoms with Gasteiger partial charge in [-0.3, -0.25) is 4.79 Å². The van der Waals surface area contributed by atoms with Gasteiger partial charge < -0.3 is 5.32 Å². The Balaban J connectivity index is 2.91. The smallest absolute Gasteiger partial charge is 0.245 e. The van der Waals surface area contributed by atoms with Crippen molar-refractivity contribution < 1.29 is 4.79 Å². The van der Waals surface area contributed by atoms with Gasteiger partial charge in [-0.05, 0) is 48.3 Å². The number of nitriles is 1. The third-order valence-electron chi connectivity index (χ3n) is 2.12. The maximum Gasteiger partial charge on any atom is 0.245 e. The van der Waals surface area contributed by atoms with E-state index in [4.69, 9.17) is 5.26 Å². The predicted molar refractivity (Wildman–Crippen MR) is 64.7 cm³/mol. The number of rotatable bonds is 2. The van der Waals surface area contributed by atoms with E-state index in [9.17, 15) is 4.79 Å². The van der Waals surface area contributed by atoms with Crippen molar-refractivity contribution in [2.45, 2.75) is 20.8 Å². The van der Waals surface area contributed by atoms with Crippen molar-refractivity contribution in [2.75, 3.05) is 5.32 Å². The normalized spacial score (nSPS) is 10.7. The molecule has 0 unspecified atom stereocenters. The van der Waals surface area contributed by atoms with E-state index in [0.29, 0.717) is 5.82 Å². The van der Waals surface area contributed by atoms with Gasteiger partial charge in [0.1, 0.15) is 11.2 Å². The molecule has 0 fully saturated rings. The van der Waals surface area contributed by atoms with Crippen molar-refractivity contribution in [2.24, 2.45) is 5.41 Å². The Morgan fingerprint density at radius 1 is 1.62 bits per heavy atom. The Morgan fingerprint density at radius 2 is 2.25 bits per heavy atom. The summed E-state index contributed by atoms with van der Waals surface area (Å²) in [5.74, 6) is 0.129. The number of carbonyl (C=O) groups excluding carboxylic acids is 1. The molecule has 5 heteroatoms. The maximum atomic E-state index is 11.7. The standard InChI is InChI=1S/C11H12BrN3O/c1-7-4-8(12)5-14-9(7)15-10(16)11(2,3)6-13/h4-5H,1-3H3,(H,14,15,16).